The number of carbonyl (C=O) groups excluding carboxylic acids is 1. The lowest BCUT2D eigenvalue weighted by atomic mass is 10.1. The van der Waals surface area contributed by atoms with Gasteiger partial charge >= 0.3 is 0 Å². The Morgan fingerprint density at radius 2 is 1.96 bits per heavy atom. The molecule has 3 rings (SSSR count). The largest absolute Gasteiger partial charge is 0.273 e. The van der Waals surface area contributed by atoms with E-state index in [1.807, 2.05) is 31.2 Å². The molecule has 25 heavy (non-hydrogen) atoms. The average Bonchev–Trinajstić information content (AvgIpc) is 2.57. The van der Waals surface area contributed by atoms with Crippen LogP contribution in [-0.2, 0) is 0 Å². The molecule has 1 heterocycles. The summed E-state index contributed by atoms with van der Waals surface area (Å²) < 4.78 is 0. The van der Waals surface area contributed by atoms with Crippen LogP contribution in [0.4, 0.5) is 0 Å². The average molecular weight is 372 g/mol. The van der Waals surface area contributed by atoms with Crippen molar-refractivity contribution in [3.63, 3.8) is 0 Å². The van der Waals surface area contributed by atoms with Gasteiger partial charge in [0.25, 0.3) is 5.91 Å². The summed E-state index contributed by atoms with van der Waals surface area (Å²) in [6.07, 6.45) is 1.48. The van der Waals surface area contributed by atoms with Gasteiger partial charge in [0.15, 0.2) is 0 Å². The van der Waals surface area contributed by atoms with E-state index < -0.39 is 0 Å². The number of pyridine rings is 1. The highest BCUT2D eigenvalue weighted by Crippen LogP contribution is 2.20. The van der Waals surface area contributed by atoms with Gasteiger partial charge in [0.1, 0.15) is 0 Å². The zero-order valence-electron chi connectivity index (χ0n) is 13.7. The first-order valence-corrected chi connectivity index (χ1v) is 8.37. The van der Waals surface area contributed by atoms with E-state index in [-0.39, 0.29) is 5.91 Å². The van der Waals surface area contributed by atoms with Crippen LogP contribution in [0.3, 0.4) is 0 Å². The molecule has 0 saturated carbocycles. The van der Waals surface area contributed by atoms with Crippen LogP contribution >= 0.6 is 23.2 Å². The number of halogens is 2. The molecule has 2 aromatic carbocycles. The molecule has 0 spiro atoms. The lowest BCUT2D eigenvalue weighted by Crippen LogP contribution is -2.19. The fourth-order valence-electron chi connectivity index (χ4n) is 2.50. The molecule has 1 N–H and O–H groups in total. The van der Waals surface area contributed by atoms with Gasteiger partial charge in [0, 0.05) is 16.0 Å². The summed E-state index contributed by atoms with van der Waals surface area (Å²) in [5.41, 5.74) is 6.27. The number of aromatic nitrogens is 1. The molecule has 0 radical (unpaired) electrons. The van der Waals surface area contributed by atoms with Crippen molar-refractivity contribution in [1.82, 2.24) is 10.4 Å². The fraction of sp³-hybridized carbons (Fsp3) is 0.105. The summed E-state index contributed by atoms with van der Waals surface area (Å²) in [5.74, 6) is -0.324. The van der Waals surface area contributed by atoms with Gasteiger partial charge in [-0.25, -0.2) is 5.43 Å². The van der Waals surface area contributed by atoms with Crippen molar-refractivity contribution in [3.05, 3.63) is 74.9 Å². The maximum atomic E-state index is 12.4. The second kappa shape index (κ2) is 7.21. The summed E-state index contributed by atoms with van der Waals surface area (Å²) in [6.45, 7) is 3.80. The van der Waals surface area contributed by atoms with E-state index in [1.165, 1.54) is 6.21 Å². The Balaban J connectivity index is 1.82. The lowest BCUT2D eigenvalue weighted by molar-refractivity contribution is 0.0954. The molecule has 4 nitrogen and oxygen atoms in total. The van der Waals surface area contributed by atoms with Gasteiger partial charge in [-0.1, -0.05) is 47.5 Å². The van der Waals surface area contributed by atoms with Gasteiger partial charge < -0.3 is 0 Å². The van der Waals surface area contributed by atoms with Crippen LogP contribution in [0.5, 0.6) is 0 Å². The minimum absolute atomic E-state index is 0.324. The Hall–Kier alpha value is -2.43. The predicted octanol–water partition coefficient (Wildman–Crippen LogP) is 4.92. The predicted molar refractivity (Wildman–Crippen MR) is 103 cm³/mol. The summed E-state index contributed by atoms with van der Waals surface area (Å²) in [4.78, 5) is 16.9. The van der Waals surface area contributed by atoms with E-state index in [0.29, 0.717) is 26.9 Å². The van der Waals surface area contributed by atoms with Gasteiger partial charge in [-0.05, 0) is 37.6 Å². The Morgan fingerprint density at radius 3 is 2.72 bits per heavy atom. The SMILES string of the molecule is Cc1nc2c(C)cccc2cc1C(=O)NN=Cc1ccc(Cl)cc1Cl. The molecule has 0 bridgehead atoms. The van der Waals surface area contributed by atoms with Crippen LogP contribution in [0.2, 0.25) is 10.0 Å². The maximum absolute atomic E-state index is 12.4. The lowest BCUT2D eigenvalue weighted by Gasteiger charge is -2.08. The fourth-order valence-corrected chi connectivity index (χ4v) is 2.95. The normalized spacial score (nSPS) is 11.2. The minimum Gasteiger partial charge on any atom is -0.267 e. The van der Waals surface area contributed by atoms with Gasteiger partial charge in [-0.2, -0.15) is 5.10 Å². The number of aryl methyl sites for hydroxylation is 2. The Bertz CT molecular complexity index is 999. The summed E-state index contributed by atoms with van der Waals surface area (Å²) >= 11 is 11.9. The van der Waals surface area contributed by atoms with Crippen LogP contribution in [-0.4, -0.2) is 17.1 Å². The molecule has 1 amide bonds. The molecular weight excluding hydrogens is 357 g/mol. The molecule has 3 aromatic rings. The first kappa shape index (κ1) is 17.4. The van der Waals surface area contributed by atoms with Crippen molar-refractivity contribution in [2.75, 3.05) is 0 Å². The molecule has 0 aliphatic rings. The van der Waals surface area contributed by atoms with Crippen molar-refractivity contribution in [1.29, 1.82) is 0 Å². The number of nitrogens with zero attached hydrogens (tertiary/aromatic N) is 2. The highest BCUT2D eigenvalue weighted by Gasteiger charge is 2.12. The molecule has 0 fully saturated rings. The van der Waals surface area contributed by atoms with Gasteiger partial charge in [-0.15, -0.1) is 0 Å². The number of para-hydroxylation sites is 1. The van der Waals surface area contributed by atoms with Gasteiger partial charge in [-0.3, -0.25) is 9.78 Å². The van der Waals surface area contributed by atoms with Gasteiger partial charge in [0.2, 0.25) is 0 Å². The van der Waals surface area contributed by atoms with Crippen LogP contribution < -0.4 is 5.43 Å². The summed E-state index contributed by atoms with van der Waals surface area (Å²) in [6, 6.07) is 12.7. The zero-order valence-corrected chi connectivity index (χ0v) is 15.2. The second-order valence-corrected chi connectivity index (χ2v) is 6.48. The number of amides is 1. The topological polar surface area (TPSA) is 54.4 Å². The molecule has 1 aromatic heterocycles. The van der Waals surface area contributed by atoms with Crippen molar-refractivity contribution in [2.45, 2.75) is 13.8 Å². The molecule has 6 heteroatoms. The summed E-state index contributed by atoms with van der Waals surface area (Å²) in [5, 5.41) is 5.89. The Kier molecular flexibility index (Phi) is 5.02. The van der Waals surface area contributed by atoms with Crippen molar-refractivity contribution in [3.8, 4) is 0 Å². The number of hydrogen-bond acceptors (Lipinski definition) is 3. The summed E-state index contributed by atoms with van der Waals surface area (Å²) in [7, 11) is 0. The van der Waals surface area contributed by atoms with E-state index >= 15 is 0 Å². The third kappa shape index (κ3) is 3.81. The maximum Gasteiger partial charge on any atom is 0.273 e. The monoisotopic (exact) mass is 371 g/mol. The van der Waals surface area contributed by atoms with E-state index in [9.17, 15) is 4.79 Å². The Labute approximate surface area is 155 Å². The molecular formula is C19H15Cl2N3O. The quantitative estimate of drug-likeness (QED) is 0.524. The van der Waals surface area contributed by atoms with Crippen LogP contribution in [0.25, 0.3) is 10.9 Å². The highest BCUT2D eigenvalue weighted by molar-refractivity contribution is 6.36. The molecule has 0 saturated heterocycles. The standard InChI is InChI=1S/C19H15Cl2N3O/c1-11-4-3-5-13-8-16(12(2)23-18(11)13)19(25)24-22-10-14-6-7-15(20)9-17(14)21/h3-10H,1-2H3,(H,24,25). The number of nitrogens with one attached hydrogen (secondary N) is 1. The number of carbonyl (C=O) groups is 1. The van der Waals surface area contributed by atoms with Crippen molar-refractivity contribution < 1.29 is 4.79 Å². The molecule has 0 aliphatic carbocycles. The number of hydrazone groups is 1. The van der Waals surface area contributed by atoms with Crippen LogP contribution in [0.1, 0.15) is 27.2 Å². The zero-order chi connectivity index (χ0) is 18.0. The third-order valence-corrected chi connectivity index (χ3v) is 4.38. The van der Waals surface area contributed by atoms with Crippen molar-refractivity contribution >= 4 is 46.2 Å². The Morgan fingerprint density at radius 1 is 1.16 bits per heavy atom. The molecule has 0 unspecified atom stereocenters. The van der Waals surface area contributed by atoms with E-state index in [2.05, 4.69) is 15.5 Å². The second-order valence-electron chi connectivity index (χ2n) is 5.63. The van der Waals surface area contributed by atoms with Crippen molar-refractivity contribution in [2.24, 2.45) is 5.10 Å². The number of fused-ring (bicyclic) bond motifs is 1. The van der Waals surface area contributed by atoms with Crippen LogP contribution in [0.15, 0.2) is 47.6 Å². The molecule has 0 aliphatic heterocycles. The number of hydrogen-bond donors (Lipinski definition) is 1. The molecule has 126 valence electrons. The minimum atomic E-state index is -0.324. The highest BCUT2D eigenvalue weighted by atomic mass is 35.5. The van der Waals surface area contributed by atoms with E-state index in [4.69, 9.17) is 23.2 Å². The van der Waals surface area contributed by atoms with E-state index in [1.54, 1.807) is 25.1 Å². The first-order chi connectivity index (χ1) is 12.0. The third-order valence-electron chi connectivity index (χ3n) is 3.81. The number of rotatable bonds is 3. The number of benzene rings is 2. The first-order valence-electron chi connectivity index (χ1n) is 7.61. The van der Waals surface area contributed by atoms with Crippen LogP contribution in [0, 0.1) is 13.8 Å². The smallest absolute Gasteiger partial charge is 0.267 e. The van der Waals surface area contributed by atoms with Gasteiger partial charge in [0.05, 0.1) is 28.0 Å². The molecule has 0 atom stereocenters. The van der Waals surface area contributed by atoms with E-state index in [0.717, 1.165) is 16.5 Å².